The zero-order valence-electron chi connectivity index (χ0n) is 42.7. The summed E-state index contributed by atoms with van der Waals surface area (Å²) in [4.78, 5) is 133. The molecular formula is C51H77N9O13. The van der Waals surface area contributed by atoms with Crippen LogP contribution in [0, 0.1) is 17.8 Å². The molecule has 0 saturated carbocycles. The van der Waals surface area contributed by atoms with Crippen LogP contribution in [-0.2, 0) is 60.8 Å². The minimum absolute atomic E-state index is 0.0634. The fraction of sp³-hybridized carbons (Fsp3) is 0.569. The van der Waals surface area contributed by atoms with E-state index in [-0.39, 0.29) is 31.7 Å². The number of hydrogen-bond donors (Lipinski definition) is 12. The highest BCUT2D eigenvalue weighted by molar-refractivity contribution is 5.98. The maximum atomic E-state index is 14.4. The molecule has 2 aromatic rings. The molecule has 7 amide bonds. The summed E-state index contributed by atoms with van der Waals surface area (Å²) in [5.74, 6) is -11.5. The summed E-state index contributed by atoms with van der Waals surface area (Å²) < 4.78 is 0. The highest BCUT2D eigenvalue weighted by Crippen LogP contribution is 2.15. The van der Waals surface area contributed by atoms with E-state index >= 15 is 0 Å². The van der Waals surface area contributed by atoms with Gasteiger partial charge in [-0.15, -0.1) is 0 Å². The van der Waals surface area contributed by atoms with Gasteiger partial charge < -0.3 is 64.0 Å². The summed E-state index contributed by atoms with van der Waals surface area (Å²) in [6.45, 7) is 10.8. The lowest BCUT2D eigenvalue weighted by Crippen LogP contribution is -2.61. The lowest BCUT2D eigenvalue weighted by molar-refractivity contribution is -0.145. The number of carboxylic acids is 3. The number of nitrogens with one attached hydrogen (secondary N) is 7. The molecule has 0 fully saturated rings. The second-order valence-corrected chi connectivity index (χ2v) is 18.8. The summed E-state index contributed by atoms with van der Waals surface area (Å²) in [5, 5.41) is 46.8. The zero-order valence-corrected chi connectivity index (χ0v) is 42.7. The van der Waals surface area contributed by atoms with Gasteiger partial charge in [0.1, 0.15) is 42.3 Å². The predicted octanol–water partition coefficient (Wildman–Crippen LogP) is 0.884. The number of benzene rings is 2. The molecule has 0 bridgehead atoms. The van der Waals surface area contributed by atoms with Crippen molar-refractivity contribution in [1.29, 1.82) is 0 Å². The van der Waals surface area contributed by atoms with Crippen LogP contribution in [0.15, 0.2) is 60.7 Å². The van der Waals surface area contributed by atoms with E-state index in [4.69, 9.17) is 11.5 Å². The Morgan fingerprint density at radius 3 is 1.34 bits per heavy atom. The van der Waals surface area contributed by atoms with E-state index in [1.54, 1.807) is 88.4 Å². The first kappa shape index (κ1) is 62.2. The number of carbonyl (C=O) groups excluding carboxylic acids is 7. The Morgan fingerprint density at radius 1 is 0.493 bits per heavy atom. The second-order valence-electron chi connectivity index (χ2n) is 18.8. The van der Waals surface area contributed by atoms with E-state index in [1.807, 2.05) is 13.8 Å². The van der Waals surface area contributed by atoms with Crippen LogP contribution < -0.4 is 48.7 Å². The van der Waals surface area contributed by atoms with Crippen molar-refractivity contribution in [2.45, 2.75) is 161 Å². The van der Waals surface area contributed by atoms with Crippen molar-refractivity contribution in [3.05, 3.63) is 71.8 Å². The molecule has 0 aliphatic carbocycles. The maximum Gasteiger partial charge on any atom is 0.326 e. The third-order valence-electron chi connectivity index (χ3n) is 12.3. The van der Waals surface area contributed by atoms with E-state index in [1.165, 1.54) is 0 Å². The van der Waals surface area contributed by atoms with Crippen LogP contribution in [0.4, 0.5) is 0 Å². The quantitative estimate of drug-likeness (QED) is 0.0433. The molecule has 404 valence electrons. The molecule has 22 nitrogen and oxygen atoms in total. The number of amides is 7. The first-order chi connectivity index (χ1) is 34.5. The van der Waals surface area contributed by atoms with Gasteiger partial charge in [-0.05, 0) is 67.5 Å². The first-order valence-electron chi connectivity index (χ1n) is 24.8. The number of unbranched alkanes of at least 4 members (excludes halogenated alkanes) is 1. The summed E-state index contributed by atoms with van der Waals surface area (Å²) in [5.41, 5.74) is 13.2. The SMILES string of the molecule is CC[C@H](C)[C@H](NC(=O)[C@H](CCC(=O)O)NC(=O)[C@H](CC(=O)O)NC(=O)[C@H](Cc1ccccc1)NC(=O)[C@@H](NC(=O)[C@H](CCCCN)NC(=O)[C@H](Cc1ccccc1)NC(=O)[C@@H](N)CC(C)C)[C@@H](C)CC)C(=O)O. The molecular weight excluding hydrogens is 947 g/mol. The van der Waals surface area contributed by atoms with Crippen LogP contribution in [0.2, 0.25) is 0 Å². The summed E-state index contributed by atoms with van der Waals surface area (Å²) >= 11 is 0. The smallest absolute Gasteiger partial charge is 0.326 e. The molecule has 0 spiro atoms. The minimum atomic E-state index is -1.91. The van der Waals surface area contributed by atoms with E-state index < -0.39 is 139 Å². The van der Waals surface area contributed by atoms with E-state index in [2.05, 4.69) is 37.2 Å². The molecule has 0 aliphatic heterocycles. The lowest BCUT2D eigenvalue weighted by Gasteiger charge is -2.30. The minimum Gasteiger partial charge on any atom is -0.481 e. The molecule has 0 heterocycles. The molecule has 0 aromatic heterocycles. The molecule has 0 aliphatic rings. The van der Waals surface area contributed by atoms with Gasteiger partial charge in [-0.25, -0.2) is 4.79 Å². The lowest BCUT2D eigenvalue weighted by atomic mass is 9.96. The molecule has 10 atom stereocenters. The van der Waals surface area contributed by atoms with Crippen LogP contribution in [0.3, 0.4) is 0 Å². The first-order valence-corrected chi connectivity index (χ1v) is 24.8. The van der Waals surface area contributed by atoms with Gasteiger partial charge in [-0.1, -0.05) is 115 Å². The van der Waals surface area contributed by atoms with E-state index in [9.17, 15) is 63.3 Å². The average Bonchev–Trinajstić information content (AvgIpc) is 3.34. The summed E-state index contributed by atoms with van der Waals surface area (Å²) in [6.07, 6.45) is -0.374. The molecule has 14 N–H and O–H groups in total. The number of aliphatic carboxylic acids is 3. The van der Waals surface area contributed by atoms with Crippen LogP contribution in [0.1, 0.15) is 110 Å². The van der Waals surface area contributed by atoms with Crippen molar-refractivity contribution < 1.29 is 63.3 Å². The summed E-state index contributed by atoms with van der Waals surface area (Å²) in [6, 6.07) is 6.12. The Hall–Kier alpha value is -6.94. The third kappa shape index (κ3) is 22.6. The number of rotatable bonds is 34. The van der Waals surface area contributed by atoms with Gasteiger partial charge in [0.05, 0.1) is 12.5 Å². The molecule has 2 rings (SSSR count). The molecule has 0 saturated heterocycles. The van der Waals surface area contributed by atoms with Crippen molar-refractivity contribution in [2.24, 2.45) is 29.2 Å². The van der Waals surface area contributed by atoms with Crippen molar-refractivity contribution in [1.82, 2.24) is 37.2 Å². The Labute approximate surface area is 426 Å². The van der Waals surface area contributed by atoms with Crippen molar-refractivity contribution >= 4 is 59.3 Å². The second kappa shape index (κ2) is 32.2. The fourth-order valence-electron chi connectivity index (χ4n) is 7.67. The van der Waals surface area contributed by atoms with Crippen LogP contribution in [0.5, 0.6) is 0 Å². The van der Waals surface area contributed by atoms with Crippen molar-refractivity contribution in [3.63, 3.8) is 0 Å². The van der Waals surface area contributed by atoms with Crippen LogP contribution >= 0.6 is 0 Å². The topological polar surface area (TPSA) is 368 Å². The van der Waals surface area contributed by atoms with Gasteiger partial charge in [-0.3, -0.25) is 43.2 Å². The van der Waals surface area contributed by atoms with Crippen molar-refractivity contribution in [2.75, 3.05) is 6.54 Å². The van der Waals surface area contributed by atoms with Gasteiger partial charge in [0.25, 0.3) is 0 Å². The largest absolute Gasteiger partial charge is 0.481 e. The average molecular weight is 1020 g/mol. The molecule has 22 heteroatoms. The Bertz CT molecular complexity index is 2150. The standard InChI is InChI=1S/C51H77N9O13/c1-7-30(5)42(59-45(66)35(21-15-16-24-52)54-47(68)37(26-32-17-11-9-12-18-32)56-44(65)34(53)25-29(3)4)50(71)58-38(27-33-19-13-10-14-20-33)48(69)57-39(28-41(63)64)49(70)55-36(22-23-40(61)62)46(67)60-43(51(72)73)31(6)8-2/h9-14,17-20,29-31,34-39,42-43H,7-8,15-16,21-28,52-53H2,1-6H3,(H,54,68)(H,55,70)(H,56,65)(H,57,69)(H,58,71)(H,59,66)(H,60,67)(H,61,62)(H,63,64)(H,72,73)/t30-,31-,34-,35-,36-,37-,38-,39-,42-,43-/m0/s1. The monoisotopic (exact) mass is 1020 g/mol. The third-order valence-corrected chi connectivity index (χ3v) is 12.3. The van der Waals surface area contributed by atoms with Crippen LogP contribution in [0.25, 0.3) is 0 Å². The highest BCUT2D eigenvalue weighted by Gasteiger charge is 2.37. The van der Waals surface area contributed by atoms with Gasteiger partial charge in [0.2, 0.25) is 41.4 Å². The summed E-state index contributed by atoms with van der Waals surface area (Å²) in [7, 11) is 0. The Morgan fingerprint density at radius 2 is 0.904 bits per heavy atom. The molecule has 0 radical (unpaired) electrons. The fourth-order valence-corrected chi connectivity index (χ4v) is 7.67. The number of carboxylic acid groups (broad SMARTS) is 3. The van der Waals surface area contributed by atoms with Crippen molar-refractivity contribution in [3.8, 4) is 0 Å². The Balaban J connectivity index is 2.50. The van der Waals surface area contributed by atoms with Gasteiger partial charge in [0, 0.05) is 19.3 Å². The van der Waals surface area contributed by atoms with E-state index in [0.717, 1.165) is 5.56 Å². The van der Waals surface area contributed by atoms with Gasteiger partial charge in [-0.2, -0.15) is 0 Å². The number of hydrogen-bond acceptors (Lipinski definition) is 12. The number of nitrogens with two attached hydrogens (primary N) is 2. The Kier molecular flexibility index (Phi) is 27.4. The molecule has 73 heavy (non-hydrogen) atoms. The van der Waals surface area contributed by atoms with Crippen LogP contribution in [-0.4, -0.2) is 129 Å². The van der Waals surface area contributed by atoms with Gasteiger partial charge >= 0.3 is 17.9 Å². The normalized spacial score (nSPS) is 15.2. The van der Waals surface area contributed by atoms with E-state index in [0.29, 0.717) is 37.7 Å². The van der Waals surface area contributed by atoms with Gasteiger partial charge in [0.15, 0.2) is 0 Å². The zero-order chi connectivity index (χ0) is 54.8. The highest BCUT2D eigenvalue weighted by atomic mass is 16.4. The number of carbonyl (C=O) groups is 10. The maximum absolute atomic E-state index is 14.4. The molecule has 0 unspecified atom stereocenters. The predicted molar refractivity (Wildman–Crippen MR) is 270 cm³/mol. The molecule has 2 aromatic carbocycles.